The molecule has 8 heteroatoms. The normalized spacial score (nSPS) is 23.0. The highest BCUT2D eigenvalue weighted by molar-refractivity contribution is 7.59. The first-order valence-electron chi connectivity index (χ1n) is 9.27. The van der Waals surface area contributed by atoms with Crippen LogP contribution < -0.4 is 10.6 Å². The van der Waals surface area contributed by atoms with Crippen molar-refractivity contribution < 1.29 is 9.09 Å². The summed E-state index contributed by atoms with van der Waals surface area (Å²) in [6, 6.07) is 4.00. The maximum atomic E-state index is 13.7. The van der Waals surface area contributed by atoms with Gasteiger partial charge in [0.15, 0.2) is 0 Å². The Labute approximate surface area is 165 Å². The number of aryl methyl sites for hydroxylation is 2. The standard InChI is InChI=1S/C19H29N4O2PS/c1-13-6-7-15(14(2)23-13)21-10-16(18-22-11-17(20-5)27-18)26(24)9-8-19(3,4)12-25-26/h6-7,11,16,20-21H,8-10,12H2,1-5H3. The molecule has 2 aromatic rings. The van der Waals surface area contributed by atoms with Crippen LogP contribution in [0.25, 0.3) is 0 Å². The number of anilines is 2. The van der Waals surface area contributed by atoms with Crippen LogP contribution in [-0.4, -0.2) is 36.3 Å². The molecule has 2 atom stereocenters. The zero-order valence-electron chi connectivity index (χ0n) is 16.7. The molecule has 3 heterocycles. The molecular formula is C19H29N4O2PS. The highest BCUT2D eigenvalue weighted by Crippen LogP contribution is 2.64. The molecule has 2 N–H and O–H groups in total. The molecule has 0 spiro atoms. The second-order valence-corrected chi connectivity index (χ2v) is 11.8. The van der Waals surface area contributed by atoms with E-state index in [0.29, 0.717) is 19.3 Å². The molecule has 148 valence electrons. The zero-order chi connectivity index (χ0) is 19.7. The molecule has 0 amide bonds. The lowest BCUT2D eigenvalue weighted by Gasteiger charge is -2.37. The van der Waals surface area contributed by atoms with Gasteiger partial charge in [-0.15, -0.1) is 11.3 Å². The number of rotatable bonds is 6. The van der Waals surface area contributed by atoms with Crippen molar-refractivity contribution >= 4 is 29.4 Å². The summed E-state index contributed by atoms with van der Waals surface area (Å²) in [5, 5.41) is 8.37. The third kappa shape index (κ3) is 4.71. The number of nitrogens with one attached hydrogen (secondary N) is 2. The lowest BCUT2D eigenvalue weighted by Crippen LogP contribution is -2.28. The number of hydrogen-bond acceptors (Lipinski definition) is 7. The van der Waals surface area contributed by atoms with Crippen LogP contribution in [0.15, 0.2) is 18.3 Å². The van der Waals surface area contributed by atoms with Gasteiger partial charge in [-0.25, -0.2) is 4.98 Å². The molecular weight excluding hydrogens is 379 g/mol. The summed E-state index contributed by atoms with van der Waals surface area (Å²) in [5.74, 6) is 0. The van der Waals surface area contributed by atoms with Gasteiger partial charge in [-0.1, -0.05) is 13.8 Å². The van der Waals surface area contributed by atoms with Crippen LogP contribution in [0.5, 0.6) is 0 Å². The molecule has 6 nitrogen and oxygen atoms in total. The van der Waals surface area contributed by atoms with Gasteiger partial charge in [0.05, 0.1) is 24.2 Å². The molecule has 0 aromatic carbocycles. The summed E-state index contributed by atoms with van der Waals surface area (Å²) in [4.78, 5) is 9.05. The van der Waals surface area contributed by atoms with Gasteiger partial charge in [0.2, 0.25) is 7.37 Å². The Hall–Kier alpha value is -1.43. The highest BCUT2D eigenvalue weighted by Gasteiger charge is 2.43. The van der Waals surface area contributed by atoms with Crippen molar-refractivity contribution in [1.82, 2.24) is 9.97 Å². The Kier molecular flexibility index (Phi) is 5.94. The summed E-state index contributed by atoms with van der Waals surface area (Å²) < 4.78 is 19.8. The smallest absolute Gasteiger partial charge is 0.214 e. The third-order valence-corrected chi connectivity index (χ3v) is 9.11. The molecule has 1 fully saturated rings. The van der Waals surface area contributed by atoms with Gasteiger partial charge in [0.1, 0.15) is 15.7 Å². The minimum absolute atomic E-state index is 0.0718. The third-order valence-electron chi connectivity index (χ3n) is 5.01. The summed E-state index contributed by atoms with van der Waals surface area (Å²) >= 11 is 1.54. The van der Waals surface area contributed by atoms with E-state index in [-0.39, 0.29) is 11.1 Å². The van der Waals surface area contributed by atoms with Crippen molar-refractivity contribution in [3.8, 4) is 0 Å². The Morgan fingerprint density at radius 1 is 1.37 bits per heavy atom. The van der Waals surface area contributed by atoms with E-state index < -0.39 is 7.37 Å². The van der Waals surface area contributed by atoms with Gasteiger partial charge >= 0.3 is 0 Å². The van der Waals surface area contributed by atoms with E-state index in [4.69, 9.17) is 4.52 Å². The van der Waals surface area contributed by atoms with Crippen molar-refractivity contribution in [2.45, 2.75) is 39.8 Å². The van der Waals surface area contributed by atoms with Crippen LogP contribution in [0.4, 0.5) is 10.7 Å². The maximum absolute atomic E-state index is 13.7. The Bertz CT molecular complexity index is 838. The van der Waals surface area contributed by atoms with Crippen molar-refractivity contribution in [2.24, 2.45) is 5.41 Å². The summed E-state index contributed by atoms with van der Waals surface area (Å²) in [6.45, 7) is 9.32. The Balaban J connectivity index is 1.85. The second-order valence-electron chi connectivity index (χ2n) is 7.93. The van der Waals surface area contributed by atoms with Gasteiger partial charge < -0.3 is 15.2 Å². The van der Waals surface area contributed by atoms with Crippen LogP contribution >= 0.6 is 18.7 Å². The maximum Gasteiger partial charge on any atom is 0.214 e. The molecule has 2 aromatic heterocycles. The van der Waals surface area contributed by atoms with Crippen LogP contribution in [0, 0.1) is 19.3 Å². The summed E-state index contributed by atoms with van der Waals surface area (Å²) in [5.41, 5.74) is 2.69. The topological polar surface area (TPSA) is 76.1 Å². The largest absolute Gasteiger partial charge is 0.382 e. The molecule has 0 radical (unpaired) electrons. The molecule has 3 rings (SSSR count). The fourth-order valence-electron chi connectivity index (χ4n) is 3.16. The monoisotopic (exact) mass is 408 g/mol. The van der Waals surface area contributed by atoms with E-state index in [9.17, 15) is 4.57 Å². The zero-order valence-corrected chi connectivity index (χ0v) is 18.4. The first kappa shape index (κ1) is 20.3. The van der Waals surface area contributed by atoms with Crippen molar-refractivity contribution in [2.75, 3.05) is 37.0 Å². The average Bonchev–Trinajstić information content (AvgIpc) is 3.08. The molecule has 27 heavy (non-hydrogen) atoms. The molecule has 1 saturated heterocycles. The summed E-state index contributed by atoms with van der Waals surface area (Å²) in [7, 11) is -0.978. The SMILES string of the molecule is CNc1cnc(C(CNc2ccc(C)nc2C)P2(=O)CCC(C)(C)CO2)s1. The number of pyridine rings is 1. The van der Waals surface area contributed by atoms with Crippen LogP contribution in [0.3, 0.4) is 0 Å². The lowest BCUT2D eigenvalue weighted by atomic mass is 9.92. The van der Waals surface area contributed by atoms with E-state index in [1.807, 2.05) is 33.0 Å². The molecule has 1 aliphatic rings. The number of nitrogens with zero attached hydrogens (tertiary/aromatic N) is 2. The Morgan fingerprint density at radius 3 is 2.74 bits per heavy atom. The van der Waals surface area contributed by atoms with Crippen molar-refractivity contribution in [3.05, 3.63) is 34.7 Å². The van der Waals surface area contributed by atoms with E-state index in [2.05, 4.69) is 34.4 Å². The van der Waals surface area contributed by atoms with E-state index in [1.54, 1.807) is 17.5 Å². The highest BCUT2D eigenvalue weighted by atomic mass is 32.1. The van der Waals surface area contributed by atoms with Gasteiger partial charge in [-0.3, -0.25) is 9.55 Å². The van der Waals surface area contributed by atoms with E-state index >= 15 is 0 Å². The minimum atomic E-state index is -2.85. The predicted molar refractivity (Wildman–Crippen MR) is 113 cm³/mol. The van der Waals surface area contributed by atoms with Gasteiger partial charge in [0.25, 0.3) is 0 Å². The number of hydrogen-bond donors (Lipinski definition) is 2. The molecule has 0 bridgehead atoms. The minimum Gasteiger partial charge on any atom is -0.382 e. The van der Waals surface area contributed by atoms with Crippen LogP contribution in [-0.2, 0) is 9.09 Å². The second kappa shape index (κ2) is 7.90. The first-order chi connectivity index (χ1) is 12.7. The molecule has 0 saturated carbocycles. The van der Waals surface area contributed by atoms with Crippen molar-refractivity contribution in [3.63, 3.8) is 0 Å². The fourth-order valence-corrected chi connectivity index (χ4v) is 7.43. The quantitative estimate of drug-likeness (QED) is 0.650. The van der Waals surface area contributed by atoms with Gasteiger partial charge in [0, 0.05) is 25.4 Å². The van der Waals surface area contributed by atoms with Crippen LogP contribution in [0.2, 0.25) is 0 Å². The summed E-state index contributed by atoms with van der Waals surface area (Å²) in [6.07, 6.45) is 3.29. The molecule has 2 unspecified atom stereocenters. The van der Waals surface area contributed by atoms with Gasteiger partial charge in [-0.2, -0.15) is 0 Å². The fraction of sp³-hybridized carbons (Fsp3) is 0.579. The average molecular weight is 409 g/mol. The van der Waals surface area contributed by atoms with E-state index in [1.165, 1.54) is 0 Å². The number of thiazole rings is 1. The Morgan fingerprint density at radius 2 is 2.15 bits per heavy atom. The lowest BCUT2D eigenvalue weighted by molar-refractivity contribution is 0.152. The first-order valence-corrected chi connectivity index (χ1v) is 12.0. The number of aromatic nitrogens is 2. The van der Waals surface area contributed by atoms with Crippen LogP contribution in [0.1, 0.15) is 42.3 Å². The van der Waals surface area contributed by atoms with Gasteiger partial charge in [-0.05, 0) is 37.8 Å². The molecule has 0 aliphatic carbocycles. The molecule has 1 aliphatic heterocycles. The van der Waals surface area contributed by atoms with Crippen molar-refractivity contribution in [1.29, 1.82) is 0 Å². The predicted octanol–water partition coefficient (Wildman–Crippen LogP) is 5.07. The van der Waals surface area contributed by atoms with E-state index in [0.717, 1.165) is 33.5 Å².